The van der Waals surface area contributed by atoms with Crippen LogP contribution in [0.4, 0.5) is 18.9 Å². The maximum Gasteiger partial charge on any atom is 0.433 e. The van der Waals surface area contributed by atoms with Crippen molar-refractivity contribution in [3.8, 4) is 5.75 Å². The van der Waals surface area contributed by atoms with Crippen molar-refractivity contribution >= 4 is 23.6 Å². The number of carbonyl (C=O) groups is 1. The van der Waals surface area contributed by atoms with Crippen LogP contribution in [0.25, 0.3) is 0 Å². The number of carbonyl (C=O) groups excluding carboxylic acids is 1. The van der Waals surface area contributed by atoms with Gasteiger partial charge in [-0.3, -0.25) is 4.79 Å². The average Bonchev–Trinajstić information content (AvgIpc) is 2.55. The number of aromatic nitrogens is 1. The molecule has 1 atom stereocenters. The summed E-state index contributed by atoms with van der Waals surface area (Å²) in [5.74, 6) is 0.226. The van der Waals surface area contributed by atoms with E-state index in [0.29, 0.717) is 17.5 Å². The van der Waals surface area contributed by atoms with Crippen molar-refractivity contribution in [2.75, 3.05) is 12.4 Å². The second kappa shape index (κ2) is 7.09. The number of pyridine rings is 1. The first-order valence-corrected chi connectivity index (χ1v) is 7.26. The molecule has 24 heavy (non-hydrogen) atoms. The molecule has 1 aromatic heterocycles. The maximum atomic E-state index is 12.9. The molecule has 2 aromatic rings. The molecule has 1 aromatic carbocycles. The highest BCUT2D eigenvalue weighted by Gasteiger charge is 2.33. The predicted molar refractivity (Wildman–Crippen MR) is 84.7 cm³/mol. The summed E-state index contributed by atoms with van der Waals surface area (Å²) in [5, 5.41) is 3.30. The van der Waals surface area contributed by atoms with Gasteiger partial charge in [-0.15, -0.1) is 0 Å². The van der Waals surface area contributed by atoms with E-state index < -0.39 is 17.9 Å². The normalized spacial score (nSPS) is 12.6. The van der Waals surface area contributed by atoms with Gasteiger partial charge in [-0.05, 0) is 31.2 Å². The zero-order valence-electron chi connectivity index (χ0n) is 12.8. The molecule has 128 valence electrons. The van der Waals surface area contributed by atoms with Crippen molar-refractivity contribution in [3.05, 3.63) is 52.3 Å². The van der Waals surface area contributed by atoms with Crippen molar-refractivity contribution in [3.63, 3.8) is 0 Å². The second-order valence-electron chi connectivity index (χ2n) is 5.03. The van der Waals surface area contributed by atoms with Gasteiger partial charge in [0.15, 0.2) is 0 Å². The van der Waals surface area contributed by atoms with Crippen LogP contribution in [0.1, 0.15) is 34.6 Å². The number of methoxy groups -OCH3 is 1. The van der Waals surface area contributed by atoms with Crippen LogP contribution in [0.3, 0.4) is 0 Å². The van der Waals surface area contributed by atoms with Gasteiger partial charge in [-0.25, -0.2) is 4.98 Å². The number of hydrogen-bond acceptors (Lipinski definition) is 4. The molecule has 0 fully saturated rings. The Kier molecular flexibility index (Phi) is 5.33. The Morgan fingerprint density at radius 2 is 2.04 bits per heavy atom. The summed E-state index contributed by atoms with van der Waals surface area (Å²) in [6.45, 7) is 1.67. The van der Waals surface area contributed by atoms with Crippen molar-refractivity contribution < 1.29 is 22.7 Å². The Labute approximate surface area is 141 Å². The van der Waals surface area contributed by atoms with E-state index in [1.54, 1.807) is 19.1 Å². The van der Waals surface area contributed by atoms with Crippen LogP contribution in [0.2, 0.25) is 5.02 Å². The van der Waals surface area contributed by atoms with E-state index in [1.165, 1.54) is 13.2 Å². The van der Waals surface area contributed by atoms with Crippen molar-refractivity contribution in [2.24, 2.45) is 0 Å². The molecule has 8 heteroatoms. The summed E-state index contributed by atoms with van der Waals surface area (Å²) in [6.07, 6.45) is -2.86. The third-order valence-corrected chi connectivity index (χ3v) is 3.69. The number of ether oxygens (including phenoxy) is 1. The molecule has 0 aliphatic carbocycles. The first-order chi connectivity index (χ1) is 11.3. The first-order valence-electron chi connectivity index (χ1n) is 6.88. The van der Waals surface area contributed by atoms with E-state index in [9.17, 15) is 18.0 Å². The molecular formula is C16H14ClF3N2O2. The van der Waals surface area contributed by atoms with Gasteiger partial charge >= 0.3 is 6.18 Å². The quantitative estimate of drug-likeness (QED) is 0.784. The van der Waals surface area contributed by atoms with Gasteiger partial charge in [0, 0.05) is 11.1 Å². The Bertz CT molecular complexity index is 751. The zero-order chi connectivity index (χ0) is 17.9. The summed E-state index contributed by atoms with van der Waals surface area (Å²) in [7, 11) is 1.35. The minimum absolute atomic E-state index is 0.226. The zero-order valence-corrected chi connectivity index (χ0v) is 13.6. The number of benzene rings is 1. The molecule has 0 spiro atoms. The number of hydrogen-bond donors (Lipinski definition) is 1. The average molecular weight is 359 g/mol. The summed E-state index contributed by atoms with van der Waals surface area (Å²) in [6, 6.07) is 5.00. The fraction of sp³-hybridized carbons (Fsp3) is 0.250. The van der Waals surface area contributed by atoms with E-state index in [1.807, 2.05) is 0 Å². The van der Waals surface area contributed by atoms with E-state index in [2.05, 4.69) is 10.3 Å². The maximum absolute atomic E-state index is 12.9. The highest BCUT2D eigenvalue weighted by atomic mass is 35.5. The number of nitrogens with one attached hydrogen (secondary N) is 1. The minimum Gasteiger partial charge on any atom is -0.495 e. The fourth-order valence-electron chi connectivity index (χ4n) is 2.16. The van der Waals surface area contributed by atoms with Gasteiger partial charge in [0.2, 0.25) is 0 Å². The molecular weight excluding hydrogens is 345 g/mol. The van der Waals surface area contributed by atoms with Gasteiger partial charge in [-0.1, -0.05) is 11.6 Å². The van der Waals surface area contributed by atoms with Gasteiger partial charge in [0.05, 0.1) is 30.1 Å². The number of rotatable bonds is 5. The second-order valence-corrected chi connectivity index (χ2v) is 5.44. The monoisotopic (exact) mass is 358 g/mol. The predicted octanol–water partition coefficient (Wildman–Crippen LogP) is 4.75. The molecule has 1 N–H and O–H groups in total. The number of aldehydes is 1. The molecule has 4 nitrogen and oxygen atoms in total. The van der Waals surface area contributed by atoms with Gasteiger partial charge in [0.25, 0.3) is 0 Å². The lowest BCUT2D eigenvalue weighted by Gasteiger charge is -2.20. The lowest BCUT2D eigenvalue weighted by molar-refractivity contribution is -0.141. The number of alkyl halides is 3. The Hall–Kier alpha value is -2.28. The van der Waals surface area contributed by atoms with Crippen LogP contribution in [-0.2, 0) is 6.18 Å². The van der Waals surface area contributed by atoms with Crippen molar-refractivity contribution in [1.29, 1.82) is 0 Å². The standard InChI is InChI=1S/C16H14ClF3N2O2/c1-9(22-13-4-3-10(8-23)5-12(13)17)11-6-15(16(18,19)20)21-7-14(11)24-2/h3-9,22H,1-2H3/t9-/m0/s1. The molecule has 0 radical (unpaired) electrons. The Morgan fingerprint density at radius 1 is 1.33 bits per heavy atom. The Balaban J connectivity index is 2.35. The molecule has 0 saturated carbocycles. The topological polar surface area (TPSA) is 51.2 Å². The van der Waals surface area contributed by atoms with Crippen LogP contribution < -0.4 is 10.1 Å². The van der Waals surface area contributed by atoms with Crippen LogP contribution in [-0.4, -0.2) is 18.4 Å². The van der Waals surface area contributed by atoms with Crippen LogP contribution in [0.15, 0.2) is 30.5 Å². The van der Waals surface area contributed by atoms with Crippen LogP contribution in [0.5, 0.6) is 5.75 Å². The SMILES string of the molecule is COc1cnc(C(F)(F)F)cc1[C@H](C)Nc1ccc(C=O)cc1Cl. The first kappa shape index (κ1) is 18.1. The van der Waals surface area contributed by atoms with Crippen molar-refractivity contribution in [2.45, 2.75) is 19.1 Å². The molecule has 2 rings (SSSR count). The molecule has 1 heterocycles. The molecule has 0 amide bonds. The number of halogens is 4. The number of nitrogens with zero attached hydrogens (tertiary/aromatic N) is 1. The smallest absolute Gasteiger partial charge is 0.433 e. The molecule has 0 aliphatic rings. The third-order valence-electron chi connectivity index (χ3n) is 3.38. The molecule has 0 unspecified atom stereocenters. The summed E-state index contributed by atoms with van der Waals surface area (Å²) < 4.78 is 43.7. The highest BCUT2D eigenvalue weighted by Crippen LogP contribution is 2.35. The molecule has 0 saturated heterocycles. The molecule has 0 aliphatic heterocycles. The van der Waals surface area contributed by atoms with Crippen molar-refractivity contribution in [1.82, 2.24) is 4.98 Å². The van der Waals surface area contributed by atoms with E-state index >= 15 is 0 Å². The minimum atomic E-state index is -4.55. The van der Waals surface area contributed by atoms with Crippen LogP contribution >= 0.6 is 11.6 Å². The van der Waals surface area contributed by atoms with Crippen LogP contribution in [0, 0.1) is 0 Å². The summed E-state index contributed by atoms with van der Waals surface area (Å²) in [5.41, 5.74) is 0.172. The lowest BCUT2D eigenvalue weighted by atomic mass is 10.1. The van der Waals surface area contributed by atoms with E-state index in [0.717, 1.165) is 12.3 Å². The Morgan fingerprint density at radius 3 is 2.58 bits per heavy atom. The third kappa shape index (κ3) is 3.97. The molecule has 0 bridgehead atoms. The highest BCUT2D eigenvalue weighted by molar-refractivity contribution is 6.33. The van der Waals surface area contributed by atoms with Gasteiger partial charge < -0.3 is 10.1 Å². The summed E-state index contributed by atoms with van der Waals surface area (Å²) in [4.78, 5) is 14.1. The van der Waals surface area contributed by atoms with E-state index in [-0.39, 0.29) is 16.3 Å². The van der Waals surface area contributed by atoms with Gasteiger partial charge in [0.1, 0.15) is 17.7 Å². The summed E-state index contributed by atoms with van der Waals surface area (Å²) >= 11 is 6.07. The largest absolute Gasteiger partial charge is 0.495 e. The fourth-order valence-corrected chi connectivity index (χ4v) is 2.40. The van der Waals surface area contributed by atoms with E-state index in [4.69, 9.17) is 16.3 Å². The lowest BCUT2D eigenvalue weighted by Crippen LogP contribution is -2.13. The number of anilines is 1. The van der Waals surface area contributed by atoms with Gasteiger partial charge in [-0.2, -0.15) is 13.2 Å².